The van der Waals surface area contributed by atoms with Crippen LogP contribution in [0.1, 0.15) is 82.3 Å². The number of ether oxygens (including phenoxy) is 1. The Hall–Kier alpha value is -4.47. The Balaban J connectivity index is 0.00000448. The number of hydrogen-bond acceptors (Lipinski definition) is 3. The first-order valence-electron chi connectivity index (χ1n) is 17.9. The third kappa shape index (κ3) is 7.60. The molecule has 1 unspecified atom stereocenters. The zero-order valence-corrected chi connectivity index (χ0v) is 32.9. The zero-order chi connectivity index (χ0) is 35.0. The first kappa shape index (κ1) is 36.3. The van der Waals surface area contributed by atoms with Gasteiger partial charge in [-0.15, -0.1) is 35.7 Å². The molecule has 7 rings (SSSR count). The Bertz CT molecular complexity index is 2290. The molecular weight excluding hydrogens is 808 g/mol. The summed E-state index contributed by atoms with van der Waals surface area (Å²) in [6, 6.07) is 38.8. The van der Waals surface area contributed by atoms with E-state index in [4.69, 9.17) is 14.8 Å². The molecule has 0 amide bonds. The van der Waals surface area contributed by atoms with E-state index in [2.05, 4.69) is 126 Å². The molecule has 3 heterocycles. The van der Waals surface area contributed by atoms with Crippen LogP contribution in [0.4, 0.5) is 0 Å². The first-order valence-corrected chi connectivity index (χ1v) is 17.9. The summed E-state index contributed by atoms with van der Waals surface area (Å²) in [6.45, 7) is 15.7. The van der Waals surface area contributed by atoms with Crippen molar-refractivity contribution in [1.29, 1.82) is 0 Å². The van der Waals surface area contributed by atoms with Gasteiger partial charge in [-0.25, -0.2) is 4.98 Å². The minimum atomic E-state index is 0. The van der Waals surface area contributed by atoms with Gasteiger partial charge in [-0.1, -0.05) is 89.0 Å². The van der Waals surface area contributed by atoms with E-state index in [1.807, 2.05) is 41.2 Å². The van der Waals surface area contributed by atoms with Crippen LogP contribution in [0.5, 0.6) is 11.5 Å². The number of pyridine rings is 1. The number of aryl methyl sites for hydroxylation is 2. The van der Waals surface area contributed by atoms with E-state index in [1.165, 1.54) is 35.8 Å². The van der Waals surface area contributed by atoms with E-state index >= 15 is 0 Å². The molecule has 0 saturated carbocycles. The van der Waals surface area contributed by atoms with E-state index in [0.29, 0.717) is 22.8 Å². The fourth-order valence-electron chi connectivity index (χ4n) is 7.09. The van der Waals surface area contributed by atoms with E-state index in [0.717, 1.165) is 56.9 Å². The summed E-state index contributed by atoms with van der Waals surface area (Å²) in [5.74, 6) is 2.58. The molecule has 0 aliphatic heterocycles. The maximum Gasteiger partial charge on any atom is 2.00 e. The fourth-order valence-corrected chi connectivity index (χ4v) is 7.09. The third-order valence-corrected chi connectivity index (χ3v) is 9.81. The Labute approximate surface area is 317 Å². The molecule has 0 N–H and O–H groups in total. The molecular formula is C45H46N4OPt. The zero-order valence-electron chi connectivity index (χ0n) is 30.7. The summed E-state index contributed by atoms with van der Waals surface area (Å²) in [4.78, 5) is 4.84. The van der Waals surface area contributed by atoms with Gasteiger partial charge >= 0.3 is 21.1 Å². The summed E-state index contributed by atoms with van der Waals surface area (Å²) < 4.78 is 10.7. The van der Waals surface area contributed by atoms with Crippen LogP contribution in [0, 0.1) is 31.4 Å². The maximum absolute atomic E-state index is 6.49. The van der Waals surface area contributed by atoms with Crippen LogP contribution >= 0.6 is 0 Å². The number of rotatable bonds is 10. The molecule has 7 aromatic rings. The SMILES string of the molecule is CCc1ccnc(-n2c3[c-]c(Oc4[c-]c(-n5nc(C)c(-c6ccccc6)c5C)ccc4)ccc3c3cc(C(C)CCCC(C)(C)C)ccc32)c1.[Pt+2]. The van der Waals surface area contributed by atoms with Crippen molar-refractivity contribution in [3.05, 3.63) is 132 Å². The van der Waals surface area contributed by atoms with E-state index in [1.54, 1.807) is 0 Å². The second-order valence-electron chi connectivity index (χ2n) is 14.8. The summed E-state index contributed by atoms with van der Waals surface area (Å²) in [7, 11) is 0. The fraction of sp³-hybridized carbons (Fsp3) is 0.289. The summed E-state index contributed by atoms with van der Waals surface area (Å²) in [6.07, 6.45) is 6.47. The summed E-state index contributed by atoms with van der Waals surface area (Å²) >= 11 is 0. The van der Waals surface area contributed by atoms with Crippen molar-refractivity contribution in [2.24, 2.45) is 5.41 Å². The van der Waals surface area contributed by atoms with E-state index in [9.17, 15) is 0 Å². The smallest absolute Gasteiger partial charge is 0.509 e. The van der Waals surface area contributed by atoms with Crippen molar-refractivity contribution >= 4 is 21.8 Å². The normalized spacial score (nSPS) is 12.3. The van der Waals surface area contributed by atoms with Gasteiger partial charge in [0.25, 0.3) is 0 Å². The van der Waals surface area contributed by atoms with Gasteiger partial charge in [0.05, 0.1) is 5.69 Å². The molecule has 0 aliphatic carbocycles. The number of benzene rings is 4. The van der Waals surface area contributed by atoms with Crippen molar-refractivity contribution < 1.29 is 25.8 Å². The van der Waals surface area contributed by atoms with Gasteiger partial charge in [-0.3, -0.25) is 4.68 Å². The van der Waals surface area contributed by atoms with E-state index in [-0.39, 0.29) is 21.1 Å². The molecule has 51 heavy (non-hydrogen) atoms. The molecule has 3 aromatic heterocycles. The van der Waals surface area contributed by atoms with Gasteiger partial charge in [0.15, 0.2) is 0 Å². The van der Waals surface area contributed by atoms with Crippen LogP contribution in [-0.4, -0.2) is 19.3 Å². The quantitative estimate of drug-likeness (QED) is 0.129. The van der Waals surface area contributed by atoms with Crippen molar-refractivity contribution in [1.82, 2.24) is 19.3 Å². The van der Waals surface area contributed by atoms with Gasteiger partial charge in [0.1, 0.15) is 5.82 Å². The monoisotopic (exact) mass is 853 g/mol. The summed E-state index contributed by atoms with van der Waals surface area (Å²) in [5.41, 5.74) is 10.2. The Kier molecular flexibility index (Phi) is 10.7. The van der Waals surface area contributed by atoms with E-state index < -0.39 is 0 Å². The molecule has 0 aliphatic rings. The summed E-state index contributed by atoms with van der Waals surface area (Å²) in [5, 5.41) is 7.23. The Morgan fingerprint density at radius 3 is 2.39 bits per heavy atom. The average Bonchev–Trinajstić information content (AvgIpc) is 3.60. The first-order chi connectivity index (χ1) is 24.1. The van der Waals surface area contributed by atoms with Crippen LogP contribution in [-0.2, 0) is 27.5 Å². The maximum atomic E-state index is 6.49. The van der Waals surface area contributed by atoms with Gasteiger partial charge in [-0.05, 0) is 90.4 Å². The molecule has 262 valence electrons. The minimum Gasteiger partial charge on any atom is -0.509 e. The van der Waals surface area contributed by atoms with Crippen LogP contribution in [0.15, 0.2) is 97.2 Å². The van der Waals surface area contributed by atoms with Crippen LogP contribution < -0.4 is 4.74 Å². The molecule has 1 atom stereocenters. The molecule has 0 spiro atoms. The number of aromatic nitrogens is 4. The second kappa shape index (κ2) is 15.0. The predicted octanol–water partition coefficient (Wildman–Crippen LogP) is 11.9. The van der Waals surface area contributed by atoms with Crippen molar-refractivity contribution in [2.75, 3.05) is 0 Å². The van der Waals surface area contributed by atoms with Crippen molar-refractivity contribution in [2.45, 2.75) is 80.1 Å². The molecule has 6 heteroatoms. The van der Waals surface area contributed by atoms with Crippen molar-refractivity contribution in [3.8, 4) is 34.1 Å². The molecule has 4 aromatic carbocycles. The number of fused-ring (bicyclic) bond motifs is 3. The van der Waals surface area contributed by atoms with Crippen LogP contribution in [0.25, 0.3) is 44.4 Å². The van der Waals surface area contributed by atoms with Gasteiger partial charge < -0.3 is 9.30 Å². The number of hydrogen-bond donors (Lipinski definition) is 0. The largest absolute Gasteiger partial charge is 2.00 e. The molecule has 0 fully saturated rings. The van der Waals surface area contributed by atoms with Gasteiger partial charge in [0, 0.05) is 34.5 Å². The Morgan fingerprint density at radius 1 is 0.843 bits per heavy atom. The minimum absolute atomic E-state index is 0. The topological polar surface area (TPSA) is 44.9 Å². The number of nitrogens with zero attached hydrogens (tertiary/aromatic N) is 4. The van der Waals surface area contributed by atoms with Gasteiger partial charge in [-0.2, -0.15) is 17.2 Å². The predicted molar refractivity (Wildman–Crippen MR) is 206 cm³/mol. The molecule has 0 saturated heterocycles. The van der Waals surface area contributed by atoms with Gasteiger partial charge in [0.2, 0.25) is 0 Å². The van der Waals surface area contributed by atoms with Crippen LogP contribution in [0.3, 0.4) is 0 Å². The second-order valence-corrected chi connectivity index (χ2v) is 14.8. The van der Waals surface area contributed by atoms with Crippen LogP contribution in [0.2, 0.25) is 0 Å². The molecule has 0 bridgehead atoms. The average molecular weight is 854 g/mol. The van der Waals surface area contributed by atoms with Crippen molar-refractivity contribution in [3.63, 3.8) is 0 Å². The standard InChI is InChI=1S/C45H46N4O.Pt/c1-8-33-23-25-46-43(26-33)48-41-22-19-35(30(2)14-13-24-45(5,6)7)27-40(41)39-21-20-38(29-42(39)48)50-37-18-12-17-36(28-37)49-32(4)44(31(3)47-49)34-15-10-9-11-16-34;/h9-12,15-23,25-27,30H,8,13-14,24H2,1-7H3;/q-2;+2. The Morgan fingerprint density at radius 2 is 1.63 bits per heavy atom. The molecule has 5 nitrogen and oxygen atoms in total. The third-order valence-electron chi connectivity index (χ3n) is 9.81. The molecule has 0 radical (unpaired) electrons.